The number of hydrogen-bond acceptors (Lipinski definition) is 3. The van der Waals surface area contributed by atoms with Crippen molar-refractivity contribution in [1.82, 2.24) is 4.57 Å². The topological polar surface area (TPSA) is 94.6 Å². The summed E-state index contributed by atoms with van der Waals surface area (Å²) in [6.45, 7) is 0.180. The Balaban J connectivity index is 1.62. The van der Waals surface area contributed by atoms with Gasteiger partial charge in [-0.25, -0.2) is 4.79 Å². The lowest BCUT2D eigenvalue weighted by molar-refractivity contribution is -0.139. The number of nitrogens with two attached hydrogens (primary N) is 1. The number of carboxylic acid groups (broad SMARTS) is 1. The van der Waals surface area contributed by atoms with Crippen LogP contribution in [-0.4, -0.2) is 28.2 Å². The molecule has 1 unspecified atom stereocenters. The standard InChI is InChI=1S/C27H24N2O4/c28-27(32)20-12-13-22-25(20)26-21(10-5-11-23(26)33-16-24(30)31)29(22)15-17-6-4-9-19(14-17)18-7-2-1-3-8-18/h1-11,14,20H,12-13,15-16H2,(H2,28,32)(H,30,31). The van der Waals surface area contributed by atoms with Crippen molar-refractivity contribution in [3.05, 3.63) is 89.6 Å². The Morgan fingerprint density at radius 2 is 1.76 bits per heavy atom. The summed E-state index contributed by atoms with van der Waals surface area (Å²) < 4.78 is 7.82. The molecule has 166 valence electrons. The summed E-state index contributed by atoms with van der Waals surface area (Å²) >= 11 is 0. The zero-order chi connectivity index (χ0) is 22.9. The molecule has 6 heteroatoms. The maximum Gasteiger partial charge on any atom is 0.341 e. The van der Waals surface area contributed by atoms with Crippen molar-refractivity contribution in [2.75, 3.05) is 6.61 Å². The highest BCUT2D eigenvalue weighted by Crippen LogP contribution is 2.44. The number of carbonyl (C=O) groups excluding carboxylic acids is 1. The average molecular weight is 440 g/mol. The van der Waals surface area contributed by atoms with E-state index in [1.807, 2.05) is 30.3 Å². The minimum atomic E-state index is -1.05. The fraction of sp³-hybridized carbons (Fsp3) is 0.185. The number of amides is 1. The van der Waals surface area contributed by atoms with E-state index in [1.54, 1.807) is 6.07 Å². The first kappa shape index (κ1) is 20.8. The van der Waals surface area contributed by atoms with Crippen LogP contribution in [0.1, 0.15) is 29.2 Å². The zero-order valence-electron chi connectivity index (χ0n) is 18.0. The van der Waals surface area contributed by atoms with Gasteiger partial charge in [0.25, 0.3) is 0 Å². The molecule has 1 aliphatic rings. The summed E-state index contributed by atoms with van der Waals surface area (Å²) in [6.07, 6.45) is 1.38. The molecule has 0 spiro atoms. The summed E-state index contributed by atoms with van der Waals surface area (Å²) in [7, 11) is 0. The van der Waals surface area contributed by atoms with Gasteiger partial charge < -0.3 is 20.1 Å². The molecule has 1 atom stereocenters. The number of aliphatic carboxylic acids is 1. The molecule has 0 saturated heterocycles. The first-order chi connectivity index (χ1) is 16.0. The van der Waals surface area contributed by atoms with E-state index in [4.69, 9.17) is 15.6 Å². The number of carboxylic acids is 1. The van der Waals surface area contributed by atoms with Gasteiger partial charge in [-0.2, -0.15) is 0 Å². The molecule has 0 bridgehead atoms. The Hall–Kier alpha value is -4.06. The van der Waals surface area contributed by atoms with Gasteiger partial charge in [-0.1, -0.05) is 54.6 Å². The van der Waals surface area contributed by atoms with Crippen LogP contribution in [0.15, 0.2) is 72.8 Å². The van der Waals surface area contributed by atoms with Crippen molar-refractivity contribution in [1.29, 1.82) is 0 Å². The third-order valence-corrected chi connectivity index (χ3v) is 6.29. The summed E-state index contributed by atoms with van der Waals surface area (Å²) in [6, 6.07) is 24.2. The highest BCUT2D eigenvalue weighted by Gasteiger charge is 2.34. The van der Waals surface area contributed by atoms with Crippen molar-refractivity contribution in [2.24, 2.45) is 5.73 Å². The minimum absolute atomic E-state index is 0.369. The lowest BCUT2D eigenvalue weighted by Gasteiger charge is -2.12. The van der Waals surface area contributed by atoms with Crippen molar-refractivity contribution in [2.45, 2.75) is 25.3 Å². The number of carbonyl (C=O) groups is 2. The molecule has 0 saturated carbocycles. The molecular weight excluding hydrogens is 416 g/mol. The van der Waals surface area contributed by atoms with Gasteiger partial charge in [0.1, 0.15) is 5.75 Å². The summed E-state index contributed by atoms with van der Waals surface area (Å²) in [4.78, 5) is 23.3. The van der Waals surface area contributed by atoms with Gasteiger partial charge in [0.05, 0.1) is 11.4 Å². The number of ether oxygens (including phenoxy) is 1. The predicted octanol–water partition coefficient (Wildman–Crippen LogP) is 4.34. The molecule has 6 nitrogen and oxygen atoms in total. The van der Waals surface area contributed by atoms with Gasteiger partial charge in [0, 0.05) is 17.6 Å². The van der Waals surface area contributed by atoms with E-state index in [1.165, 1.54) is 0 Å². The van der Waals surface area contributed by atoms with Crippen LogP contribution in [0.25, 0.3) is 22.0 Å². The van der Waals surface area contributed by atoms with Crippen LogP contribution in [0.2, 0.25) is 0 Å². The number of nitrogens with zero attached hydrogens (tertiary/aromatic N) is 1. The predicted molar refractivity (Wildman–Crippen MR) is 126 cm³/mol. The third kappa shape index (κ3) is 3.84. The molecule has 3 N–H and O–H groups in total. The van der Waals surface area contributed by atoms with Crippen LogP contribution < -0.4 is 10.5 Å². The molecular formula is C27H24N2O4. The fourth-order valence-electron chi connectivity index (χ4n) is 4.91. The van der Waals surface area contributed by atoms with Crippen LogP contribution >= 0.6 is 0 Å². The minimum Gasteiger partial charge on any atom is -0.481 e. The molecule has 0 aliphatic heterocycles. The number of primary amides is 1. The number of benzene rings is 3. The zero-order valence-corrected chi connectivity index (χ0v) is 18.0. The normalized spacial score (nSPS) is 14.8. The SMILES string of the molecule is NC(=O)C1CCc2c1c1c(OCC(=O)O)cccc1n2Cc1cccc(-c2ccccc2)c1. The Kier molecular flexibility index (Phi) is 5.34. The third-order valence-electron chi connectivity index (χ3n) is 6.29. The van der Waals surface area contributed by atoms with Gasteiger partial charge in [0.15, 0.2) is 6.61 Å². The Morgan fingerprint density at radius 3 is 2.52 bits per heavy atom. The molecule has 1 heterocycles. The molecule has 1 aliphatic carbocycles. The van der Waals surface area contributed by atoms with E-state index in [2.05, 4.69) is 41.0 Å². The number of aromatic nitrogens is 1. The van der Waals surface area contributed by atoms with Crippen LogP contribution in [0.5, 0.6) is 5.75 Å². The maximum atomic E-state index is 12.2. The Labute approximate surface area is 191 Å². The molecule has 3 aromatic carbocycles. The van der Waals surface area contributed by atoms with E-state index in [0.717, 1.165) is 45.3 Å². The molecule has 4 aromatic rings. The van der Waals surface area contributed by atoms with E-state index in [-0.39, 0.29) is 5.91 Å². The largest absolute Gasteiger partial charge is 0.481 e. The van der Waals surface area contributed by atoms with E-state index >= 15 is 0 Å². The van der Waals surface area contributed by atoms with Crippen LogP contribution in [0, 0.1) is 0 Å². The Bertz CT molecular complexity index is 1360. The first-order valence-corrected chi connectivity index (χ1v) is 10.9. The van der Waals surface area contributed by atoms with Gasteiger partial charge >= 0.3 is 5.97 Å². The molecule has 1 amide bonds. The maximum absolute atomic E-state index is 12.2. The second kappa shape index (κ2) is 8.47. The quantitative estimate of drug-likeness (QED) is 0.447. The second-order valence-corrected chi connectivity index (χ2v) is 8.34. The molecule has 0 radical (unpaired) electrons. The van der Waals surface area contributed by atoms with Gasteiger partial charge in [0.2, 0.25) is 5.91 Å². The van der Waals surface area contributed by atoms with Crippen molar-refractivity contribution >= 4 is 22.8 Å². The summed E-state index contributed by atoms with van der Waals surface area (Å²) in [5, 5.41) is 9.88. The molecule has 1 aromatic heterocycles. The van der Waals surface area contributed by atoms with Gasteiger partial charge in [-0.15, -0.1) is 0 Å². The number of rotatable bonds is 7. The highest BCUT2D eigenvalue weighted by atomic mass is 16.5. The monoisotopic (exact) mass is 440 g/mol. The van der Waals surface area contributed by atoms with Crippen LogP contribution in [0.3, 0.4) is 0 Å². The smallest absolute Gasteiger partial charge is 0.341 e. The average Bonchev–Trinajstić information content (AvgIpc) is 3.38. The molecule has 0 fully saturated rings. The van der Waals surface area contributed by atoms with Crippen molar-refractivity contribution in [3.8, 4) is 16.9 Å². The molecule has 5 rings (SSSR count). The van der Waals surface area contributed by atoms with Gasteiger partial charge in [-0.3, -0.25) is 4.79 Å². The highest BCUT2D eigenvalue weighted by molar-refractivity contribution is 5.97. The number of fused-ring (bicyclic) bond motifs is 3. The Morgan fingerprint density at radius 1 is 1.00 bits per heavy atom. The fourth-order valence-corrected chi connectivity index (χ4v) is 4.91. The second-order valence-electron chi connectivity index (χ2n) is 8.34. The van der Waals surface area contributed by atoms with E-state index in [0.29, 0.717) is 18.7 Å². The van der Waals surface area contributed by atoms with Crippen molar-refractivity contribution in [3.63, 3.8) is 0 Å². The van der Waals surface area contributed by atoms with E-state index < -0.39 is 18.5 Å². The lowest BCUT2D eigenvalue weighted by atomic mass is 9.99. The summed E-state index contributed by atoms with van der Waals surface area (Å²) in [5.74, 6) is -1.36. The van der Waals surface area contributed by atoms with Crippen molar-refractivity contribution < 1.29 is 19.4 Å². The lowest BCUT2D eigenvalue weighted by Crippen LogP contribution is -2.19. The first-order valence-electron chi connectivity index (χ1n) is 10.9. The summed E-state index contributed by atoms with van der Waals surface area (Å²) in [5.41, 5.74) is 12.0. The number of hydrogen-bond donors (Lipinski definition) is 2. The van der Waals surface area contributed by atoms with Gasteiger partial charge in [-0.05, 0) is 53.3 Å². The van der Waals surface area contributed by atoms with Crippen LogP contribution in [0.4, 0.5) is 0 Å². The van der Waals surface area contributed by atoms with Crippen LogP contribution in [-0.2, 0) is 22.6 Å². The van der Waals surface area contributed by atoms with E-state index in [9.17, 15) is 9.59 Å². The molecule has 33 heavy (non-hydrogen) atoms.